The summed E-state index contributed by atoms with van der Waals surface area (Å²) in [6.07, 6.45) is 1.66. The summed E-state index contributed by atoms with van der Waals surface area (Å²) in [5, 5.41) is 9.81. The smallest absolute Gasteiger partial charge is 0.227 e. The molecule has 6 rings (SSSR count). The molecular formula is C26H21ClN4OS. The van der Waals surface area contributed by atoms with Gasteiger partial charge in [-0.05, 0) is 48.6 Å². The molecule has 0 radical (unpaired) electrons. The summed E-state index contributed by atoms with van der Waals surface area (Å²) in [5.74, 6) is 1.56. The van der Waals surface area contributed by atoms with E-state index in [9.17, 15) is 0 Å². The van der Waals surface area contributed by atoms with Crippen molar-refractivity contribution in [3.05, 3.63) is 106 Å². The molecule has 2 aliphatic heterocycles. The summed E-state index contributed by atoms with van der Waals surface area (Å²) in [6, 6.07) is 24.4. The fraction of sp³-hybridized carbons (Fsp3) is 0.154. The van der Waals surface area contributed by atoms with Crippen molar-refractivity contribution in [2.45, 2.75) is 24.2 Å². The highest BCUT2D eigenvalue weighted by molar-refractivity contribution is 7.98. The van der Waals surface area contributed by atoms with Gasteiger partial charge < -0.3 is 10.1 Å². The van der Waals surface area contributed by atoms with E-state index in [1.54, 1.807) is 0 Å². The summed E-state index contributed by atoms with van der Waals surface area (Å²) in [4.78, 5) is 4.75. The second-order valence-electron chi connectivity index (χ2n) is 8.18. The van der Waals surface area contributed by atoms with Crippen molar-refractivity contribution in [2.24, 2.45) is 0 Å². The monoisotopic (exact) mass is 472 g/mol. The van der Waals surface area contributed by atoms with Crippen LogP contribution in [0.15, 0.2) is 83.5 Å². The number of halogens is 1. The van der Waals surface area contributed by atoms with Gasteiger partial charge in [-0.1, -0.05) is 77.5 Å². The number of anilines is 1. The Labute approximate surface area is 201 Å². The lowest BCUT2D eigenvalue weighted by Crippen LogP contribution is -2.32. The zero-order chi connectivity index (χ0) is 22.5. The fourth-order valence-corrected chi connectivity index (χ4v) is 5.10. The van der Waals surface area contributed by atoms with Gasteiger partial charge in [0.05, 0.1) is 5.70 Å². The summed E-state index contributed by atoms with van der Waals surface area (Å²) in [5.41, 5.74) is 6.45. The molecule has 3 aromatic carbocycles. The Bertz CT molecular complexity index is 1400. The molecule has 2 atom stereocenters. The van der Waals surface area contributed by atoms with Crippen LogP contribution in [-0.2, 0) is 0 Å². The Hall–Kier alpha value is -3.22. The Morgan fingerprint density at radius 2 is 1.82 bits per heavy atom. The minimum absolute atomic E-state index is 0.178. The Morgan fingerprint density at radius 3 is 2.61 bits per heavy atom. The van der Waals surface area contributed by atoms with Crippen LogP contribution in [0.25, 0.3) is 5.70 Å². The third kappa shape index (κ3) is 3.41. The van der Waals surface area contributed by atoms with E-state index in [1.165, 1.54) is 17.3 Å². The molecule has 33 heavy (non-hydrogen) atoms. The highest BCUT2D eigenvalue weighted by atomic mass is 35.5. The molecule has 1 N–H and O–H groups in total. The quantitative estimate of drug-likeness (QED) is 0.344. The van der Waals surface area contributed by atoms with Gasteiger partial charge in [-0.2, -0.15) is 4.98 Å². The summed E-state index contributed by atoms with van der Waals surface area (Å²) in [6.45, 7) is 2.10. The number of aromatic nitrogens is 3. The van der Waals surface area contributed by atoms with Crippen LogP contribution in [-0.4, -0.2) is 21.0 Å². The molecular weight excluding hydrogens is 452 g/mol. The molecule has 5 nitrogen and oxygen atoms in total. The summed E-state index contributed by atoms with van der Waals surface area (Å²) < 4.78 is 8.62. The number of fused-ring (bicyclic) bond motifs is 3. The van der Waals surface area contributed by atoms with Crippen molar-refractivity contribution in [2.75, 3.05) is 11.6 Å². The first-order valence-electron chi connectivity index (χ1n) is 10.7. The van der Waals surface area contributed by atoms with Crippen LogP contribution >= 0.6 is 23.4 Å². The first-order chi connectivity index (χ1) is 16.1. The van der Waals surface area contributed by atoms with Gasteiger partial charge in [-0.3, -0.25) is 0 Å². The van der Waals surface area contributed by atoms with Crippen LogP contribution in [0.5, 0.6) is 5.75 Å². The van der Waals surface area contributed by atoms with Crippen LogP contribution in [0, 0.1) is 6.92 Å². The lowest BCUT2D eigenvalue weighted by molar-refractivity contribution is 0.223. The molecule has 0 saturated carbocycles. The van der Waals surface area contributed by atoms with Crippen molar-refractivity contribution >= 4 is 35.0 Å². The maximum Gasteiger partial charge on any atom is 0.227 e. The third-order valence-electron chi connectivity index (χ3n) is 6.09. The lowest BCUT2D eigenvalue weighted by Gasteiger charge is -2.39. The van der Waals surface area contributed by atoms with E-state index >= 15 is 0 Å². The topological polar surface area (TPSA) is 52.0 Å². The van der Waals surface area contributed by atoms with E-state index in [0.29, 0.717) is 5.02 Å². The predicted octanol–water partition coefficient (Wildman–Crippen LogP) is 6.52. The number of ether oxygens (including phenoxy) is 1. The largest absolute Gasteiger partial charge is 0.480 e. The number of benzene rings is 3. The number of nitrogens with zero attached hydrogens (tertiary/aromatic N) is 3. The van der Waals surface area contributed by atoms with E-state index in [0.717, 1.165) is 44.8 Å². The number of hydrogen-bond acceptors (Lipinski definition) is 5. The van der Waals surface area contributed by atoms with Gasteiger partial charge in [0, 0.05) is 16.2 Å². The Morgan fingerprint density at radius 1 is 1.00 bits per heavy atom. The molecule has 4 aromatic rings. The third-order valence-corrected chi connectivity index (χ3v) is 6.86. The second kappa shape index (κ2) is 7.97. The summed E-state index contributed by atoms with van der Waals surface area (Å²) in [7, 11) is 0. The normalized spacial score (nSPS) is 18.6. The van der Waals surface area contributed by atoms with Gasteiger partial charge in [-0.25, -0.2) is 4.68 Å². The number of thioether (sulfide) groups is 1. The maximum atomic E-state index is 6.64. The van der Waals surface area contributed by atoms with Crippen LogP contribution < -0.4 is 10.1 Å². The highest BCUT2D eigenvalue weighted by Gasteiger charge is 2.41. The number of para-hydroxylation sites is 1. The highest BCUT2D eigenvalue weighted by Crippen LogP contribution is 2.51. The Kier molecular flexibility index (Phi) is 4.93. The SMILES string of the molecule is CSc1nc2n(n1)[C@@H](c1ccc(C)cc1)C1=C(N2)c2ccccc2O[C@H]1c1cccc(Cl)c1. The molecule has 3 heterocycles. The lowest BCUT2D eigenvalue weighted by atomic mass is 9.84. The van der Waals surface area contributed by atoms with Crippen LogP contribution in [0.3, 0.4) is 0 Å². The fourth-order valence-electron chi connectivity index (χ4n) is 4.56. The second-order valence-corrected chi connectivity index (χ2v) is 9.39. The van der Waals surface area contributed by atoms with E-state index in [2.05, 4.69) is 48.6 Å². The van der Waals surface area contributed by atoms with Crippen LogP contribution in [0.1, 0.15) is 34.4 Å². The van der Waals surface area contributed by atoms with E-state index in [-0.39, 0.29) is 12.1 Å². The van der Waals surface area contributed by atoms with Gasteiger partial charge in [0.1, 0.15) is 17.9 Å². The number of aryl methyl sites for hydroxylation is 1. The van der Waals surface area contributed by atoms with Gasteiger partial charge in [0.15, 0.2) is 0 Å². The summed E-state index contributed by atoms with van der Waals surface area (Å²) >= 11 is 7.93. The minimum Gasteiger partial charge on any atom is -0.480 e. The molecule has 7 heteroatoms. The number of rotatable bonds is 3. The van der Waals surface area contributed by atoms with Gasteiger partial charge in [0.25, 0.3) is 0 Å². The molecule has 0 spiro atoms. The zero-order valence-corrected chi connectivity index (χ0v) is 19.7. The number of hydrogen-bond donors (Lipinski definition) is 1. The Balaban J connectivity index is 1.64. The molecule has 2 aliphatic rings. The van der Waals surface area contributed by atoms with Crippen LogP contribution in [0.2, 0.25) is 5.02 Å². The average Bonchev–Trinajstić information content (AvgIpc) is 3.26. The van der Waals surface area contributed by atoms with Gasteiger partial charge in [0.2, 0.25) is 11.1 Å². The van der Waals surface area contributed by atoms with Crippen molar-refractivity contribution in [3.8, 4) is 5.75 Å². The molecule has 0 amide bonds. The van der Waals surface area contributed by atoms with Crippen LogP contribution in [0.4, 0.5) is 5.95 Å². The van der Waals surface area contributed by atoms with Crippen molar-refractivity contribution in [1.29, 1.82) is 0 Å². The zero-order valence-electron chi connectivity index (χ0n) is 18.1. The van der Waals surface area contributed by atoms with E-state index in [4.69, 9.17) is 26.4 Å². The first kappa shape index (κ1) is 20.4. The molecule has 0 fully saturated rings. The predicted molar refractivity (Wildman–Crippen MR) is 133 cm³/mol. The van der Waals surface area contributed by atoms with E-state index < -0.39 is 0 Å². The molecule has 0 bridgehead atoms. The molecule has 164 valence electrons. The van der Waals surface area contributed by atoms with Gasteiger partial charge >= 0.3 is 0 Å². The number of nitrogens with one attached hydrogen (secondary N) is 1. The molecule has 0 aliphatic carbocycles. The molecule has 0 saturated heterocycles. The van der Waals surface area contributed by atoms with Gasteiger partial charge in [-0.15, -0.1) is 5.10 Å². The minimum atomic E-state index is -0.331. The first-order valence-corrected chi connectivity index (χ1v) is 12.3. The average molecular weight is 473 g/mol. The molecule has 1 aromatic heterocycles. The van der Waals surface area contributed by atoms with Crippen molar-refractivity contribution in [3.63, 3.8) is 0 Å². The van der Waals surface area contributed by atoms with Crippen molar-refractivity contribution < 1.29 is 4.74 Å². The van der Waals surface area contributed by atoms with Crippen molar-refractivity contribution in [1.82, 2.24) is 14.8 Å². The molecule has 0 unspecified atom stereocenters. The standard InChI is InChI=1S/C26H21ClN4OS/c1-15-10-12-16(13-11-15)23-21-22(28-25-29-26(33-2)30-31(23)25)19-8-3-4-9-20(19)32-24(21)17-6-5-7-18(27)14-17/h3-14,23-24H,1-2H3,(H,28,29,30)/t23-,24-/m0/s1. The maximum absolute atomic E-state index is 6.64. The van der Waals surface area contributed by atoms with E-state index in [1.807, 2.05) is 47.3 Å².